The Balaban J connectivity index is -0.0000000159. The minimum absolute atomic E-state index is 0. The standard InChI is InChI=1S/8C2H4O2.BrH.Co.Mn.Na.Zr/c8*1-2(3)4;;;;;/h8*1H3,(H,3,4);1H;;;;/q;;;;;;;;;2*+2;+1;+4/p-9. The molecule has 0 fully saturated rings. The Morgan fingerprint density at radius 3 is 0.351 bits per heavy atom. The van der Waals surface area contributed by atoms with Crippen molar-refractivity contribution < 1.29 is 186 Å². The average Bonchev–Trinajstić information content (AvgIpc) is 2.30. The topological polar surface area (TPSA) is 321 Å². The Labute approximate surface area is 286 Å². The molecule has 37 heavy (non-hydrogen) atoms. The third kappa shape index (κ3) is 53300. The van der Waals surface area contributed by atoms with Gasteiger partial charge in [-0.1, -0.05) is 0 Å². The zero-order valence-corrected chi connectivity index (χ0v) is 29.4. The van der Waals surface area contributed by atoms with E-state index in [4.69, 9.17) is 79.2 Å². The SMILES string of the molecule is CC(=O)[O-].CC(=O)[O-].CC(=O)[O-].CC(=O)[O-].CC(=O)[O-].CC(=O)[O-].CC(=O)[O-].CC(=O)[O-].[Br-].[Co+2].[Mn+2].[Na+].[Zr+4]. The number of carbonyl (C=O) groups excluding carboxylic acids is 8. The fourth-order valence-electron chi connectivity index (χ4n) is 0. The molecule has 0 spiro atoms. The molecule has 0 aliphatic carbocycles. The normalized spacial score (nSPS) is 5.41. The van der Waals surface area contributed by atoms with E-state index >= 15 is 0 Å². The molecule has 0 aromatic carbocycles. The molecule has 212 valence electrons. The Morgan fingerprint density at radius 1 is 0.351 bits per heavy atom. The van der Waals surface area contributed by atoms with Gasteiger partial charge in [0.05, 0.1) is 0 Å². The van der Waals surface area contributed by atoms with Gasteiger partial charge in [-0.3, -0.25) is 0 Å². The first-order valence-electron chi connectivity index (χ1n) is 7.27. The van der Waals surface area contributed by atoms with Crippen molar-refractivity contribution in [1.82, 2.24) is 0 Å². The molecule has 0 rings (SSSR count). The summed E-state index contributed by atoms with van der Waals surface area (Å²) in [6.45, 7) is 7.78. The fraction of sp³-hybridized carbons (Fsp3) is 0.500. The van der Waals surface area contributed by atoms with Gasteiger partial charge < -0.3 is 96.2 Å². The second-order valence-corrected chi connectivity index (χ2v) is 3.93. The van der Waals surface area contributed by atoms with Crippen LogP contribution in [0.1, 0.15) is 55.4 Å². The molecule has 0 saturated carbocycles. The summed E-state index contributed by atoms with van der Waals surface area (Å²) in [6, 6.07) is 0. The molecule has 0 amide bonds. The summed E-state index contributed by atoms with van der Waals surface area (Å²) in [5.74, 6) is -8.67. The van der Waals surface area contributed by atoms with Crippen LogP contribution in [0.2, 0.25) is 0 Å². The average molecular weight is 780 g/mol. The van der Waals surface area contributed by atoms with E-state index < -0.39 is 47.8 Å². The quantitative estimate of drug-likeness (QED) is 0.206. The molecule has 0 N–H and O–H groups in total. The smallest absolute Gasteiger partial charge is 1.00 e. The van der Waals surface area contributed by atoms with E-state index in [-0.39, 0.29) is 107 Å². The molecule has 16 nitrogen and oxygen atoms in total. The molecule has 0 heterocycles. The van der Waals surface area contributed by atoms with Gasteiger partial charge in [0.2, 0.25) is 0 Å². The number of halogens is 1. The van der Waals surface area contributed by atoms with E-state index in [0.29, 0.717) is 0 Å². The van der Waals surface area contributed by atoms with Gasteiger partial charge in [0.1, 0.15) is 0 Å². The van der Waals surface area contributed by atoms with Gasteiger partial charge in [-0.2, -0.15) is 0 Å². The van der Waals surface area contributed by atoms with Crippen LogP contribution in [0.4, 0.5) is 0 Å². The molecule has 0 aliphatic rings. The first kappa shape index (κ1) is 83.3. The van der Waals surface area contributed by atoms with Crippen LogP contribution in [0.15, 0.2) is 0 Å². The summed E-state index contributed by atoms with van der Waals surface area (Å²) in [5, 5.41) is 71.1. The summed E-state index contributed by atoms with van der Waals surface area (Å²) in [5.41, 5.74) is 0. The monoisotopic (exact) mass is 778 g/mol. The molecular formula is C16H24BrCoMnNaO16Zr. The molecule has 2 radical (unpaired) electrons. The Kier molecular flexibility index (Phi) is 172. The maximum Gasteiger partial charge on any atom is 4.00 e. The molecule has 0 aliphatic heterocycles. The minimum Gasteiger partial charge on any atom is -1.00 e. The van der Waals surface area contributed by atoms with E-state index in [0.717, 1.165) is 55.4 Å². The predicted octanol–water partition coefficient (Wildman–Crippen LogP) is -15.9. The van der Waals surface area contributed by atoms with Crippen molar-refractivity contribution in [3.8, 4) is 0 Å². The van der Waals surface area contributed by atoms with Gasteiger partial charge in [-0.15, -0.1) is 0 Å². The number of aliphatic carboxylic acids is 8. The minimum atomic E-state index is -1.08. The zero-order chi connectivity index (χ0) is 28.6. The Morgan fingerprint density at radius 2 is 0.351 bits per heavy atom. The van der Waals surface area contributed by atoms with Crippen LogP contribution >= 0.6 is 0 Å². The summed E-state index contributed by atoms with van der Waals surface area (Å²) < 4.78 is 0. The Hall–Kier alpha value is -0.851. The first-order chi connectivity index (χ1) is 13.9. The number of carbonyl (C=O) groups is 8. The van der Waals surface area contributed by atoms with Crippen molar-refractivity contribution in [3.05, 3.63) is 0 Å². The van der Waals surface area contributed by atoms with Crippen LogP contribution in [0.5, 0.6) is 0 Å². The van der Waals surface area contributed by atoms with Crippen LogP contribution in [0, 0.1) is 0 Å². The van der Waals surface area contributed by atoms with Crippen molar-refractivity contribution in [2.45, 2.75) is 55.4 Å². The van der Waals surface area contributed by atoms with Crippen LogP contribution in [-0.4, -0.2) is 47.8 Å². The van der Waals surface area contributed by atoms with E-state index in [2.05, 4.69) is 0 Å². The predicted molar refractivity (Wildman–Crippen MR) is 85.4 cm³/mol. The van der Waals surface area contributed by atoms with E-state index in [1.807, 2.05) is 0 Å². The summed E-state index contributed by atoms with van der Waals surface area (Å²) >= 11 is 0. The van der Waals surface area contributed by atoms with Crippen LogP contribution in [-0.2, 0) is 98.4 Å². The molecule has 0 atom stereocenters. The van der Waals surface area contributed by atoms with Crippen LogP contribution < -0.4 is 87.4 Å². The molecular weight excluding hydrogens is 756 g/mol. The molecule has 0 bridgehead atoms. The molecule has 0 saturated heterocycles. The number of carboxylic acid groups (broad SMARTS) is 8. The number of carboxylic acids is 8. The van der Waals surface area contributed by atoms with Gasteiger partial charge in [-0.25, -0.2) is 0 Å². The summed E-state index contributed by atoms with van der Waals surface area (Å²) in [6.07, 6.45) is 0. The van der Waals surface area contributed by atoms with Crippen molar-refractivity contribution in [3.63, 3.8) is 0 Å². The van der Waals surface area contributed by atoms with Crippen LogP contribution in [0.3, 0.4) is 0 Å². The van der Waals surface area contributed by atoms with Gasteiger partial charge in [0.15, 0.2) is 0 Å². The second-order valence-electron chi connectivity index (χ2n) is 3.93. The molecule has 0 aromatic rings. The van der Waals surface area contributed by atoms with Gasteiger partial charge in [-0.05, 0) is 55.4 Å². The van der Waals surface area contributed by atoms with Crippen LogP contribution in [0.25, 0.3) is 0 Å². The van der Waals surface area contributed by atoms with E-state index in [9.17, 15) is 0 Å². The molecule has 21 heteroatoms. The van der Waals surface area contributed by atoms with E-state index in [1.54, 1.807) is 0 Å². The zero-order valence-electron chi connectivity index (χ0n) is 21.1. The van der Waals surface area contributed by atoms with Gasteiger partial charge in [0, 0.05) is 47.8 Å². The third-order valence-electron chi connectivity index (χ3n) is 0. The maximum atomic E-state index is 8.89. The van der Waals surface area contributed by atoms with Crippen molar-refractivity contribution in [1.29, 1.82) is 0 Å². The van der Waals surface area contributed by atoms with E-state index in [1.165, 1.54) is 0 Å². The van der Waals surface area contributed by atoms with Crippen molar-refractivity contribution in [2.24, 2.45) is 0 Å². The molecule has 0 unspecified atom stereocenters. The number of hydrogen-bond donors (Lipinski definition) is 0. The summed E-state index contributed by atoms with van der Waals surface area (Å²) in [7, 11) is 0. The Bertz CT molecular complexity index is 393. The molecule has 0 aromatic heterocycles. The number of hydrogen-bond acceptors (Lipinski definition) is 16. The third-order valence-corrected chi connectivity index (χ3v) is 0. The maximum absolute atomic E-state index is 8.89. The second kappa shape index (κ2) is 76.5. The van der Waals surface area contributed by atoms with Gasteiger partial charge >= 0.3 is 89.6 Å². The van der Waals surface area contributed by atoms with Gasteiger partial charge in [0.25, 0.3) is 0 Å². The summed E-state index contributed by atoms with van der Waals surface area (Å²) in [4.78, 5) is 71.1. The largest absolute Gasteiger partial charge is 4.00 e. The van der Waals surface area contributed by atoms with Crippen molar-refractivity contribution >= 4 is 47.8 Å². The number of rotatable bonds is 0. The first-order valence-corrected chi connectivity index (χ1v) is 7.27. The van der Waals surface area contributed by atoms with Crippen molar-refractivity contribution in [2.75, 3.05) is 0 Å². The fourth-order valence-corrected chi connectivity index (χ4v) is 0.